The first kappa shape index (κ1) is 16.8. The van der Waals surface area contributed by atoms with E-state index >= 15 is 0 Å². The molecule has 25 heavy (non-hydrogen) atoms. The van der Waals surface area contributed by atoms with Crippen LogP contribution in [0, 0.1) is 5.82 Å². The Bertz CT molecular complexity index is 1020. The SMILES string of the molecule is C=Cc1ncc2n1CCN(c1nc(Cl)nc3c(F)c(Br)c(Cl)cc13)C2. The van der Waals surface area contributed by atoms with Crippen molar-refractivity contribution in [1.29, 1.82) is 0 Å². The van der Waals surface area contributed by atoms with Crippen molar-refractivity contribution in [3.05, 3.63) is 51.0 Å². The summed E-state index contributed by atoms with van der Waals surface area (Å²) in [4.78, 5) is 14.7. The molecule has 0 atom stereocenters. The van der Waals surface area contributed by atoms with Crippen LogP contribution < -0.4 is 4.90 Å². The third-order valence-corrected chi connectivity index (χ3v) is 5.65. The smallest absolute Gasteiger partial charge is 0.225 e. The van der Waals surface area contributed by atoms with E-state index in [0.29, 0.717) is 30.8 Å². The lowest BCUT2D eigenvalue weighted by Crippen LogP contribution is -2.34. The van der Waals surface area contributed by atoms with Crippen molar-refractivity contribution < 1.29 is 4.39 Å². The molecular formula is C16H11BrCl2FN5. The van der Waals surface area contributed by atoms with Gasteiger partial charge in [-0.3, -0.25) is 0 Å². The summed E-state index contributed by atoms with van der Waals surface area (Å²) in [6.07, 6.45) is 3.53. The molecule has 128 valence electrons. The first-order valence-corrected chi connectivity index (χ1v) is 8.97. The fourth-order valence-electron chi connectivity index (χ4n) is 3.02. The van der Waals surface area contributed by atoms with Gasteiger partial charge >= 0.3 is 0 Å². The van der Waals surface area contributed by atoms with Gasteiger partial charge in [-0.05, 0) is 39.7 Å². The second-order valence-corrected chi connectivity index (χ2v) is 7.12. The molecule has 0 spiro atoms. The molecule has 0 bridgehead atoms. The lowest BCUT2D eigenvalue weighted by molar-refractivity contribution is 0.565. The van der Waals surface area contributed by atoms with Gasteiger partial charge in [0.15, 0.2) is 5.82 Å². The molecule has 0 saturated heterocycles. The molecule has 0 N–H and O–H groups in total. The molecule has 1 aromatic carbocycles. The van der Waals surface area contributed by atoms with Crippen molar-refractivity contribution in [3.63, 3.8) is 0 Å². The Balaban J connectivity index is 1.86. The Morgan fingerprint density at radius 1 is 1.28 bits per heavy atom. The fourth-order valence-corrected chi connectivity index (χ4v) is 3.68. The number of halogens is 4. The molecular weight excluding hydrogens is 432 g/mol. The van der Waals surface area contributed by atoms with E-state index in [4.69, 9.17) is 23.2 Å². The number of nitrogens with zero attached hydrogens (tertiary/aromatic N) is 5. The van der Waals surface area contributed by atoms with Crippen molar-refractivity contribution >= 4 is 61.9 Å². The molecule has 4 rings (SSSR count). The van der Waals surface area contributed by atoms with E-state index in [1.165, 1.54) is 0 Å². The average molecular weight is 443 g/mol. The lowest BCUT2D eigenvalue weighted by atomic mass is 10.2. The zero-order chi connectivity index (χ0) is 17.7. The largest absolute Gasteiger partial charge is 0.348 e. The molecule has 3 heterocycles. The van der Waals surface area contributed by atoms with E-state index < -0.39 is 5.82 Å². The number of fused-ring (bicyclic) bond motifs is 2. The van der Waals surface area contributed by atoms with E-state index in [1.54, 1.807) is 18.3 Å². The maximum absolute atomic E-state index is 14.6. The molecule has 0 radical (unpaired) electrons. The summed E-state index contributed by atoms with van der Waals surface area (Å²) in [5, 5.41) is 0.765. The standard InChI is InChI=1S/C16H11BrCl2FN5/c1-2-11-21-6-8-7-24(3-4-25(8)11)15-9-5-10(18)12(17)13(20)14(9)22-16(19)23-15/h2,5-6H,1,3-4,7H2. The second kappa shape index (κ2) is 6.23. The van der Waals surface area contributed by atoms with E-state index in [0.717, 1.165) is 11.5 Å². The molecule has 1 aliphatic rings. The van der Waals surface area contributed by atoms with Crippen LogP contribution in [0.5, 0.6) is 0 Å². The van der Waals surface area contributed by atoms with Crippen LogP contribution in [0.2, 0.25) is 10.3 Å². The highest BCUT2D eigenvalue weighted by Crippen LogP contribution is 2.36. The van der Waals surface area contributed by atoms with Gasteiger partial charge in [0.25, 0.3) is 0 Å². The highest BCUT2D eigenvalue weighted by Gasteiger charge is 2.24. The summed E-state index contributed by atoms with van der Waals surface area (Å²) in [6, 6.07) is 1.65. The minimum atomic E-state index is -0.552. The zero-order valence-corrected chi connectivity index (χ0v) is 15.9. The lowest BCUT2D eigenvalue weighted by Gasteiger charge is -2.30. The van der Waals surface area contributed by atoms with E-state index in [2.05, 4.69) is 42.0 Å². The van der Waals surface area contributed by atoms with Gasteiger partial charge in [-0.25, -0.2) is 14.4 Å². The summed E-state index contributed by atoms with van der Waals surface area (Å²) in [5.41, 5.74) is 1.16. The number of hydrogen-bond acceptors (Lipinski definition) is 4. The topological polar surface area (TPSA) is 46.8 Å². The van der Waals surface area contributed by atoms with Crippen LogP contribution in [0.3, 0.4) is 0 Å². The van der Waals surface area contributed by atoms with Crippen LogP contribution in [0.4, 0.5) is 10.2 Å². The second-order valence-electron chi connectivity index (χ2n) is 5.58. The summed E-state index contributed by atoms with van der Waals surface area (Å²) in [7, 11) is 0. The summed E-state index contributed by atoms with van der Waals surface area (Å²) < 4.78 is 16.8. The number of rotatable bonds is 2. The fraction of sp³-hybridized carbons (Fsp3) is 0.188. The van der Waals surface area contributed by atoms with Gasteiger partial charge in [-0.1, -0.05) is 18.2 Å². The summed E-state index contributed by atoms with van der Waals surface area (Å²) in [5.74, 6) is 0.832. The Hall–Kier alpha value is -1.70. The van der Waals surface area contributed by atoms with Crippen LogP contribution >= 0.6 is 39.1 Å². The molecule has 5 nitrogen and oxygen atoms in total. The van der Waals surface area contributed by atoms with Crippen LogP contribution in [-0.4, -0.2) is 26.1 Å². The third kappa shape index (κ3) is 2.70. The molecule has 9 heteroatoms. The Morgan fingerprint density at radius 3 is 2.84 bits per heavy atom. The number of benzene rings is 1. The zero-order valence-electron chi connectivity index (χ0n) is 12.8. The number of aromatic nitrogens is 4. The van der Waals surface area contributed by atoms with Crippen LogP contribution in [0.15, 0.2) is 23.3 Å². The van der Waals surface area contributed by atoms with Crippen molar-refractivity contribution in [3.8, 4) is 0 Å². The van der Waals surface area contributed by atoms with E-state index in [-0.39, 0.29) is 20.3 Å². The minimum Gasteiger partial charge on any atom is -0.348 e. The van der Waals surface area contributed by atoms with Gasteiger partial charge < -0.3 is 9.47 Å². The van der Waals surface area contributed by atoms with Crippen molar-refractivity contribution in [1.82, 2.24) is 19.5 Å². The number of anilines is 1. The molecule has 0 aliphatic carbocycles. The maximum atomic E-state index is 14.6. The highest BCUT2D eigenvalue weighted by molar-refractivity contribution is 9.10. The van der Waals surface area contributed by atoms with Crippen LogP contribution in [-0.2, 0) is 13.1 Å². The molecule has 0 amide bonds. The van der Waals surface area contributed by atoms with Gasteiger partial charge in [0.1, 0.15) is 17.2 Å². The average Bonchev–Trinajstić information content (AvgIpc) is 3.02. The van der Waals surface area contributed by atoms with Gasteiger partial charge in [-0.15, -0.1) is 0 Å². The molecule has 1 aliphatic heterocycles. The van der Waals surface area contributed by atoms with Crippen molar-refractivity contribution in [2.45, 2.75) is 13.1 Å². The minimum absolute atomic E-state index is 0.0125. The van der Waals surface area contributed by atoms with Crippen molar-refractivity contribution in [2.75, 3.05) is 11.4 Å². The van der Waals surface area contributed by atoms with E-state index in [9.17, 15) is 4.39 Å². The molecule has 2 aromatic heterocycles. The molecule has 0 unspecified atom stereocenters. The quantitative estimate of drug-likeness (QED) is 0.426. The predicted molar refractivity (Wildman–Crippen MR) is 101 cm³/mol. The first-order chi connectivity index (χ1) is 12.0. The normalized spacial score (nSPS) is 14.0. The Labute approximate surface area is 161 Å². The Morgan fingerprint density at radius 2 is 2.08 bits per heavy atom. The molecule has 3 aromatic rings. The Kier molecular flexibility index (Phi) is 4.17. The summed E-state index contributed by atoms with van der Waals surface area (Å²) in [6.45, 7) is 5.72. The van der Waals surface area contributed by atoms with Gasteiger partial charge in [0.05, 0.1) is 27.9 Å². The first-order valence-electron chi connectivity index (χ1n) is 7.42. The third-order valence-electron chi connectivity index (χ3n) is 4.18. The molecule has 0 saturated carbocycles. The monoisotopic (exact) mass is 441 g/mol. The highest BCUT2D eigenvalue weighted by atomic mass is 79.9. The molecule has 0 fully saturated rings. The van der Waals surface area contributed by atoms with Crippen LogP contribution in [0.25, 0.3) is 17.0 Å². The predicted octanol–water partition coefficient (Wildman–Crippen LogP) is 4.70. The summed E-state index contributed by atoms with van der Waals surface area (Å²) >= 11 is 15.3. The van der Waals surface area contributed by atoms with Crippen LogP contribution in [0.1, 0.15) is 11.5 Å². The van der Waals surface area contributed by atoms with Crippen molar-refractivity contribution in [2.24, 2.45) is 0 Å². The van der Waals surface area contributed by atoms with Gasteiger partial charge in [0.2, 0.25) is 5.28 Å². The van der Waals surface area contributed by atoms with Gasteiger partial charge in [0, 0.05) is 18.5 Å². The van der Waals surface area contributed by atoms with E-state index in [1.807, 2.05) is 4.90 Å². The maximum Gasteiger partial charge on any atom is 0.225 e. The number of hydrogen-bond donors (Lipinski definition) is 0. The van der Waals surface area contributed by atoms with Gasteiger partial charge in [-0.2, -0.15) is 4.98 Å². The number of imidazole rings is 1.